The average Bonchev–Trinajstić information content (AvgIpc) is 3.04. The van der Waals surface area contributed by atoms with Gasteiger partial charge in [0, 0.05) is 0 Å². The predicted molar refractivity (Wildman–Crippen MR) is 76.8 cm³/mol. The topological polar surface area (TPSA) is 86.5 Å². The quantitative estimate of drug-likeness (QED) is 0.778. The Morgan fingerprint density at radius 3 is 2.86 bits per heavy atom. The number of rotatable bonds is 2. The van der Waals surface area contributed by atoms with E-state index in [1.807, 2.05) is 12.1 Å². The second-order valence-corrected chi connectivity index (χ2v) is 4.79. The van der Waals surface area contributed by atoms with E-state index in [4.69, 9.17) is 9.47 Å². The normalized spacial score (nSPS) is 16.5. The zero-order valence-corrected chi connectivity index (χ0v) is 11.4. The number of para-hydroxylation sites is 2. The van der Waals surface area contributed by atoms with Crippen molar-refractivity contribution in [1.29, 1.82) is 0 Å². The molecule has 0 radical (unpaired) electrons. The lowest BCUT2D eigenvalue weighted by molar-refractivity contribution is -0.125. The van der Waals surface area contributed by atoms with E-state index in [1.165, 1.54) is 0 Å². The minimum absolute atomic E-state index is 0.149. The van der Waals surface area contributed by atoms with Gasteiger partial charge in [0.1, 0.15) is 12.1 Å². The molecule has 1 aliphatic rings. The molecule has 2 aromatic carbocycles. The molecule has 1 unspecified atom stereocenters. The number of aromatic nitrogens is 2. The van der Waals surface area contributed by atoms with Crippen molar-refractivity contribution in [2.75, 3.05) is 11.9 Å². The summed E-state index contributed by atoms with van der Waals surface area (Å²) >= 11 is 0. The third-order valence-corrected chi connectivity index (χ3v) is 3.34. The molecule has 1 aliphatic heterocycles. The standard InChI is InChI=1S/C15H11N3O4/c19-15(13-8-20-11-6-1-2-7-12(11)21-13)16-9-4-3-5-10-14(9)18-22-17-10/h1-7,13H,8H2,(H,16,19). The van der Waals surface area contributed by atoms with Gasteiger partial charge in [-0.2, -0.15) is 0 Å². The molecule has 1 N–H and O–H groups in total. The van der Waals surface area contributed by atoms with Gasteiger partial charge in [0.15, 0.2) is 17.0 Å². The first kappa shape index (κ1) is 12.6. The summed E-state index contributed by atoms with van der Waals surface area (Å²) in [6.07, 6.45) is -0.731. The number of fused-ring (bicyclic) bond motifs is 2. The molecule has 2 heterocycles. The lowest BCUT2D eigenvalue weighted by atomic mass is 10.2. The molecule has 0 bridgehead atoms. The Morgan fingerprint density at radius 2 is 1.95 bits per heavy atom. The number of amides is 1. The lowest BCUT2D eigenvalue weighted by Crippen LogP contribution is -2.40. The maximum atomic E-state index is 12.3. The van der Waals surface area contributed by atoms with Crippen molar-refractivity contribution < 1.29 is 18.9 Å². The Balaban J connectivity index is 1.55. The summed E-state index contributed by atoms with van der Waals surface area (Å²) in [6, 6.07) is 12.5. The lowest BCUT2D eigenvalue weighted by Gasteiger charge is -2.25. The van der Waals surface area contributed by atoms with E-state index in [0.717, 1.165) is 0 Å². The van der Waals surface area contributed by atoms with Crippen LogP contribution in [-0.2, 0) is 4.79 Å². The van der Waals surface area contributed by atoms with Crippen LogP contribution in [0.25, 0.3) is 11.0 Å². The Hall–Kier alpha value is -3.09. The van der Waals surface area contributed by atoms with E-state index in [-0.39, 0.29) is 12.5 Å². The van der Waals surface area contributed by atoms with Crippen LogP contribution in [0.2, 0.25) is 0 Å². The molecule has 4 rings (SSSR count). The summed E-state index contributed by atoms with van der Waals surface area (Å²) in [6.45, 7) is 0.149. The summed E-state index contributed by atoms with van der Waals surface area (Å²) in [5, 5.41) is 10.3. The number of benzene rings is 2. The molecule has 1 atom stereocenters. The third kappa shape index (κ3) is 2.12. The van der Waals surface area contributed by atoms with E-state index < -0.39 is 6.10 Å². The van der Waals surface area contributed by atoms with Gasteiger partial charge in [0.25, 0.3) is 5.91 Å². The summed E-state index contributed by atoms with van der Waals surface area (Å²) in [7, 11) is 0. The van der Waals surface area contributed by atoms with Crippen LogP contribution in [-0.4, -0.2) is 28.9 Å². The van der Waals surface area contributed by atoms with Gasteiger partial charge in [0.05, 0.1) is 5.69 Å². The highest BCUT2D eigenvalue weighted by Gasteiger charge is 2.27. The molecule has 7 nitrogen and oxygen atoms in total. The summed E-state index contributed by atoms with van der Waals surface area (Å²) in [4.78, 5) is 12.3. The summed E-state index contributed by atoms with van der Waals surface area (Å²) in [5.74, 6) is 0.870. The maximum Gasteiger partial charge on any atom is 0.269 e. The Bertz CT molecular complexity index is 845. The number of carbonyl (C=O) groups excluding carboxylic acids is 1. The highest BCUT2D eigenvalue weighted by molar-refractivity contribution is 6.01. The fourth-order valence-corrected chi connectivity index (χ4v) is 2.27. The number of ether oxygens (including phenoxy) is 2. The van der Waals surface area contributed by atoms with E-state index in [9.17, 15) is 4.79 Å². The Morgan fingerprint density at radius 1 is 1.09 bits per heavy atom. The van der Waals surface area contributed by atoms with Gasteiger partial charge in [-0.05, 0) is 34.6 Å². The number of hydrogen-bond donors (Lipinski definition) is 1. The Kier molecular flexibility index (Phi) is 2.89. The fourth-order valence-electron chi connectivity index (χ4n) is 2.27. The zero-order chi connectivity index (χ0) is 14.9. The molecule has 110 valence electrons. The molecular weight excluding hydrogens is 286 g/mol. The molecule has 0 spiro atoms. The smallest absolute Gasteiger partial charge is 0.269 e. The monoisotopic (exact) mass is 297 g/mol. The van der Waals surface area contributed by atoms with Gasteiger partial charge in [-0.1, -0.05) is 18.2 Å². The van der Waals surface area contributed by atoms with E-state index in [0.29, 0.717) is 28.2 Å². The van der Waals surface area contributed by atoms with Crippen molar-refractivity contribution in [2.45, 2.75) is 6.10 Å². The molecule has 0 fully saturated rings. The van der Waals surface area contributed by atoms with Crippen molar-refractivity contribution >= 4 is 22.6 Å². The molecular formula is C15H11N3O4. The van der Waals surface area contributed by atoms with Crippen LogP contribution in [0.1, 0.15) is 0 Å². The van der Waals surface area contributed by atoms with E-state index >= 15 is 0 Å². The van der Waals surface area contributed by atoms with Gasteiger partial charge in [0.2, 0.25) is 6.10 Å². The first-order valence-electron chi connectivity index (χ1n) is 6.72. The van der Waals surface area contributed by atoms with Crippen LogP contribution >= 0.6 is 0 Å². The number of nitrogens with zero attached hydrogens (tertiary/aromatic N) is 2. The van der Waals surface area contributed by atoms with Crippen molar-refractivity contribution in [2.24, 2.45) is 0 Å². The number of hydrogen-bond acceptors (Lipinski definition) is 6. The molecule has 7 heteroatoms. The van der Waals surface area contributed by atoms with Crippen LogP contribution in [0.3, 0.4) is 0 Å². The second kappa shape index (κ2) is 5.03. The first-order chi connectivity index (χ1) is 10.8. The average molecular weight is 297 g/mol. The molecule has 0 saturated heterocycles. The molecule has 1 aromatic heterocycles. The second-order valence-electron chi connectivity index (χ2n) is 4.79. The third-order valence-electron chi connectivity index (χ3n) is 3.34. The van der Waals surface area contributed by atoms with E-state index in [2.05, 4.69) is 20.3 Å². The molecule has 22 heavy (non-hydrogen) atoms. The van der Waals surface area contributed by atoms with Crippen LogP contribution < -0.4 is 14.8 Å². The zero-order valence-electron chi connectivity index (χ0n) is 11.4. The van der Waals surface area contributed by atoms with Crippen molar-refractivity contribution in [3.8, 4) is 11.5 Å². The van der Waals surface area contributed by atoms with Gasteiger partial charge in [-0.15, -0.1) is 0 Å². The van der Waals surface area contributed by atoms with Gasteiger partial charge in [-0.25, -0.2) is 4.63 Å². The molecule has 0 aliphatic carbocycles. The van der Waals surface area contributed by atoms with Gasteiger partial charge >= 0.3 is 0 Å². The molecule has 1 amide bonds. The minimum Gasteiger partial charge on any atom is -0.485 e. The van der Waals surface area contributed by atoms with Crippen molar-refractivity contribution in [1.82, 2.24) is 10.3 Å². The Labute approximate surface area is 124 Å². The van der Waals surface area contributed by atoms with Gasteiger partial charge in [-0.3, -0.25) is 4.79 Å². The van der Waals surface area contributed by atoms with Crippen LogP contribution in [0.4, 0.5) is 5.69 Å². The van der Waals surface area contributed by atoms with Crippen LogP contribution in [0.5, 0.6) is 11.5 Å². The highest BCUT2D eigenvalue weighted by Crippen LogP contribution is 2.31. The fraction of sp³-hybridized carbons (Fsp3) is 0.133. The van der Waals surface area contributed by atoms with Crippen molar-refractivity contribution in [3.63, 3.8) is 0 Å². The van der Waals surface area contributed by atoms with Crippen molar-refractivity contribution in [3.05, 3.63) is 42.5 Å². The number of carbonyl (C=O) groups is 1. The maximum absolute atomic E-state index is 12.3. The number of nitrogens with one attached hydrogen (secondary N) is 1. The largest absolute Gasteiger partial charge is 0.485 e. The predicted octanol–water partition coefficient (Wildman–Crippen LogP) is 2.00. The highest BCUT2D eigenvalue weighted by atomic mass is 16.6. The first-order valence-corrected chi connectivity index (χ1v) is 6.72. The van der Waals surface area contributed by atoms with Crippen LogP contribution in [0.15, 0.2) is 47.1 Å². The van der Waals surface area contributed by atoms with E-state index in [1.54, 1.807) is 30.3 Å². The summed E-state index contributed by atoms with van der Waals surface area (Å²) < 4.78 is 15.9. The van der Waals surface area contributed by atoms with Gasteiger partial charge < -0.3 is 14.8 Å². The minimum atomic E-state index is -0.731. The molecule has 0 saturated carbocycles. The molecule has 3 aromatic rings. The van der Waals surface area contributed by atoms with Crippen LogP contribution in [0, 0.1) is 0 Å². The SMILES string of the molecule is O=C(Nc1cccc2nonc12)C1COc2ccccc2O1. The number of anilines is 1. The summed E-state index contributed by atoms with van der Waals surface area (Å²) in [5.41, 5.74) is 1.59.